The van der Waals surface area contributed by atoms with Crippen LogP contribution in [0.2, 0.25) is 0 Å². The molecule has 18 aromatic rings. The number of hydrogen-bond donors (Lipinski definition) is 7. The third kappa shape index (κ3) is 19.8. The van der Waals surface area contributed by atoms with Crippen molar-refractivity contribution in [2.75, 3.05) is 28.4 Å². The standard InChI is InChI=1S/C28H22FN3O2.C26H19FN4O3.C26H22FN3O3.C24H21FN2O4S.ClH/c1-17(24-12-10-19-6-3-4-9-25(19)31-24)30-22-8-5-7-20(14-22)28-18(2)32(16-27(33)34)26-13-11-21(29)15-23(26)28;1-15-24(20-13-18(27)7-11-22(20)31(15)14-23(32)33)16-4-8-19(9-5-16)29-26(34)21-10-6-17-3-2-12-28-25(17)30-21;1-16-25(20-14-19(27)7-9-23(20)30(16)15-24(31)32)18-10-12-29(13-11-18)26(33)22-8-6-17-4-2-3-5-21(17)28-22;1-15-3-10-20(11-4-15)32(30,31)26-19-8-5-17(6-9-19)24-16(2)27(14-23(28)29)22-12-7-18(25)13-21(22)24;/h3-15,30H,1,16H2,2H3,(H,33,34);2-13H,14H2,1H3,(H,29,34)(H,32,33);2-10,14H,11-13,15H2,1H3,(H,31,32);3-13,26H,14H2,1-2H3,(H,28,29);1H. The van der Waals surface area contributed by atoms with Gasteiger partial charge in [0.2, 0.25) is 0 Å². The molecule has 2 amide bonds. The lowest BCUT2D eigenvalue weighted by Crippen LogP contribution is -2.35. The molecule has 0 saturated heterocycles. The van der Waals surface area contributed by atoms with Crippen molar-refractivity contribution in [1.29, 1.82) is 0 Å². The number of aliphatic carboxylic acids is 4. The van der Waals surface area contributed by atoms with Crippen molar-refractivity contribution in [2.24, 2.45) is 0 Å². The summed E-state index contributed by atoms with van der Waals surface area (Å²) in [5.41, 5.74) is 18.9. The highest BCUT2D eigenvalue weighted by molar-refractivity contribution is 7.92. The first-order valence-electron chi connectivity index (χ1n) is 42.0. The SMILES string of the molecule is C=C(Nc1cccc(-c2c(C)n(CC(=O)O)c3ccc(F)cc23)c1)c1ccc2ccccc2n1.Cc1c(-c2ccc(NC(=O)c3ccc4cccnc4n3)cc2)c2cc(F)ccc2n1CC(=O)O.Cc1c(C2=CCN(C(=O)c3ccc4ccccc4n3)CC2)c2cc(F)ccc2n1CC(=O)O.Cc1ccc(S(=O)(=O)Nc2ccc(-c3c(C)n(CC(=O)O)c4ccc(F)cc34)cc2)cc1.Cl. The van der Waals surface area contributed by atoms with Crippen molar-refractivity contribution in [2.45, 2.75) is 72.1 Å². The van der Waals surface area contributed by atoms with Crippen LogP contribution in [0.25, 0.3) is 121 Å². The second kappa shape index (κ2) is 39.1. The molecule has 24 nitrogen and oxygen atoms in total. The average molecular weight is 1840 g/mol. The summed E-state index contributed by atoms with van der Waals surface area (Å²) in [6.45, 7) is 13.4. The number of benzene rings is 10. The van der Waals surface area contributed by atoms with Crippen LogP contribution in [-0.2, 0) is 55.4 Å². The lowest BCUT2D eigenvalue weighted by Gasteiger charge is -2.26. The van der Waals surface area contributed by atoms with Gasteiger partial charge in [-0.05, 0) is 233 Å². The van der Waals surface area contributed by atoms with Crippen LogP contribution in [0.1, 0.15) is 67.0 Å². The fourth-order valence-electron chi connectivity index (χ4n) is 17.0. The van der Waals surface area contributed by atoms with Crippen LogP contribution in [0.5, 0.6) is 0 Å². The number of carbonyl (C=O) groups excluding carboxylic acids is 2. The van der Waals surface area contributed by atoms with E-state index in [9.17, 15) is 75.2 Å². The van der Waals surface area contributed by atoms with E-state index >= 15 is 0 Å². The molecule has 19 rings (SSSR count). The second-order valence-corrected chi connectivity index (χ2v) is 33.6. The zero-order valence-corrected chi connectivity index (χ0v) is 74.3. The van der Waals surface area contributed by atoms with E-state index in [0.29, 0.717) is 108 Å². The summed E-state index contributed by atoms with van der Waals surface area (Å²) in [5, 5.41) is 48.9. The van der Waals surface area contributed by atoms with Gasteiger partial charge in [0.1, 0.15) is 60.8 Å². The molecule has 10 aromatic carbocycles. The first-order chi connectivity index (χ1) is 63.9. The van der Waals surface area contributed by atoms with Gasteiger partial charge in [0.15, 0.2) is 5.65 Å². The molecule has 9 heterocycles. The number of carbonyl (C=O) groups is 6. The predicted molar refractivity (Wildman–Crippen MR) is 515 cm³/mol. The Morgan fingerprint density at radius 3 is 1.31 bits per heavy atom. The number of carboxylic acids is 4. The largest absolute Gasteiger partial charge is 0.480 e. The molecule has 0 atom stereocenters. The fourth-order valence-corrected chi connectivity index (χ4v) is 18.0. The Balaban J connectivity index is 0.000000136. The van der Waals surface area contributed by atoms with Crippen LogP contribution in [0, 0.1) is 57.9 Å². The van der Waals surface area contributed by atoms with Crippen LogP contribution in [0.3, 0.4) is 0 Å². The van der Waals surface area contributed by atoms with E-state index in [0.717, 1.165) is 94.5 Å². The fraction of sp³-hybridized carbons (Fsp3) is 0.115. The molecular formula is C104H85ClF4N12O12S. The first-order valence-corrected chi connectivity index (χ1v) is 43.5. The summed E-state index contributed by atoms with van der Waals surface area (Å²) in [7, 11) is -3.73. The van der Waals surface area contributed by atoms with Crippen molar-refractivity contribution in [3.05, 3.63) is 360 Å². The van der Waals surface area contributed by atoms with Crippen molar-refractivity contribution < 1.29 is 75.2 Å². The van der Waals surface area contributed by atoms with Crippen LogP contribution < -0.4 is 15.4 Å². The Bertz CT molecular complexity index is 7890. The number of halogens is 5. The van der Waals surface area contributed by atoms with Gasteiger partial charge in [-0.1, -0.05) is 115 Å². The van der Waals surface area contributed by atoms with E-state index < -0.39 is 45.5 Å². The van der Waals surface area contributed by atoms with Gasteiger partial charge < -0.3 is 54.2 Å². The van der Waals surface area contributed by atoms with Crippen LogP contribution in [-0.4, -0.2) is 121 Å². The maximum absolute atomic E-state index is 14.1. The van der Waals surface area contributed by atoms with E-state index in [1.807, 2.05) is 143 Å². The summed E-state index contributed by atoms with van der Waals surface area (Å²) in [4.78, 5) is 90.9. The number of rotatable bonds is 21. The third-order valence-corrected chi connectivity index (χ3v) is 24.6. The Morgan fingerprint density at radius 2 is 0.836 bits per heavy atom. The Morgan fingerprint density at radius 1 is 0.410 bits per heavy atom. The highest BCUT2D eigenvalue weighted by Crippen LogP contribution is 2.42. The minimum absolute atomic E-state index is 0. The highest BCUT2D eigenvalue weighted by atomic mass is 35.5. The van der Waals surface area contributed by atoms with E-state index in [4.69, 9.17) is 0 Å². The first kappa shape index (κ1) is 92.3. The zero-order chi connectivity index (χ0) is 93.8. The number of nitrogens with one attached hydrogen (secondary N) is 3. The minimum atomic E-state index is -3.73. The number of sulfonamides is 1. The summed E-state index contributed by atoms with van der Waals surface area (Å²) >= 11 is 0. The van der Waals surface area contributed by atoms with Gasteiger partial charge in [-0.2, -0.15) is 0 Å². The van der Waals surface area contributed by atoms with Gasteiger partial charge in [0.05, 0.1) is 27.3 Å². The molecule has 7 N–H and O–H groups in total. The number of nitrogens with zero attached hydrogens (tertiary/aromatic N) is 9. The van der Waals surface area contributed by atoms with Gasteiger partial charge in [-0.15, -0.1) is 12.4 Å². The summed E-state index contributed by atoms with van der Waals surface area (Å²) in [5.74, 6) is -5.94. The van der Waals surface area contributed by atoms with Crippen LogP contribution >= 0.6 is 12.4 Å². The zero-order valence-electron chi connectivity index (χ0n) is 72.6. The van der Waals surface area contributed by atoms with E-state index in [1.165, 1.54) is 48.5 Å². The monoisotopic (exact) mass is 1840 g/mol. The molecule has 30 heteroatoms. The Labute approximate surface area is 770 Å². The molecule has 0 unspecified atom stereocenters. The van der Waals surface area contributed by atoms with Gasteiger partial charge in [0.25, 0.3) is 21.8 Å². The molecule has 674 valence electrons. The van der Waals surface area contributed by atoms with Gasteiger partial charge in [-0.3, -0.25) is 33.5 Å². The van der Waals surface area contributed by atoms with Gasteiger partial charge >= 0.3 is 23.9 Å². The molecule has 1 aliphatic rings. The number of fused-ring (bicyclic) bond motifs is 7. The number of anilines is 3. The second-order valence-electron chi connectivity index (χ2n) is 31.9. The Hall–Kier alpha value is -16.4. The molecule has 0 spiro atoms. The molecule has 0 fully saturated rings. The summed E-state index contributed by atoms with van der Waals surface area (Å²) in [6, 6.07) is 75.7. The predicted octanol–water partition coefficient (Wildman–Crippen LogP) is 21.5. The molecule has 134 heavy (non-hydrogen) atoms. The maximum Gasteiger partial charge on any atom is 0.323 e. The average Bonchev–Trinajstić information content (AvgIpc) is 1.62. The number of para-hydroxylation sites is 2. The number of aromatic nitrogens is 8. The quantitative estimate of drug-likeness (QED) is 0.0329. The molecule has 8 aromatic heterocycles. The van der Waals surface area contributed by atoms with E-state index in [2.05, 4.69) is 41.9 Å². The maximum atomic E-state index is 14.1. The van der Waals surface area contributed by atoms with Crippen molar-refractivity contribution in [1.82, 2.24) is 43.1 Å². The molecule has 0 saturated carbocycles. The van der Waals surface area contributed by atoms with Crippen LogP contribution in [0.15, 0.2) is 291 Å². The lowest BCUT2D eigenvalue weighted by molar-refractivity contribution is -0.138. The van der Waals surface area contributed by atoms with E-state index in [-0.39, 0.29) is 72.6 Å². The third-order valence-electron chi connectivity index (χ3n) is 23.2. The van der Waals surface area contributed by atoms with E-state index in [1.54, 1.807) is 145 Å². The molecule has 0 radical (unpaired) electrons. The van der Waals surface area contributed by atoms with Gasteiger partial charge in [-0.25, -0.2) is 45.9 Å². The number of pyridine rings is 4. The van der Waals surface area contributed by atoms with Crippen molar-refractivity contribution >= 4 is 163 Å². The van der Waals surface area contributed by atoms with Crippen molar-refractivity contribution in [3.8, 4) is 33.4 Å². The Kier molecular flexibility index (Phi) is 26.9. The number of amides is 2. The number of aryl methyl sites for hydroxylation is 1. The van der Waals surface area contributed by atoms with Crippen LogP contribution in [0.4, 0.5) is 34.6 Å². The topological polar surface area (TPSA) is 328 Å². The number of carboxylic acid groups (broad SMARTS) is 4. The molecule has 0 aliphatic carbocycles. The minimum Gasteiger partial charge on any atom is -0.480 e. The molecule has 1 aliphatic heterocycles. The normalized spacial score (nSPS) is 11.9. The van der Waals surface area contributed by atoms with Crippen molar-refractivity contribution in [3.63, 3.8) is 0 Å². The molecule has 0 bridgehead atoms. The summed E-state index contributed by atoms with van der Waals surface area (Å²) < 4.78 is 90.7. The lowest BCUT2D eigenvalue weighted by atomic mass is 9.96. The molecular weight excluding hydrogens is 1750 g/mol. The summed E-state index contributed by atoms with van der Waals surface area (Å²) in [6.07, 6.45) is 4.18. The van der Waals surface area contributed by atoms with Gasteiger partial charge in [0, 0.05) is 141 Å². The smallest absolute Gasteiger partial charge is 0.323 e. The number of hydrogen-bond acceptors (Lipinski definition) is 13. The highest BCUT2D eigenvalue weighted by Gasteiger charge is 2.28.